The second kappa shape index (κ2) is 3.92. The van der Waals surface area contributed by atoms with Gasteiger partial charge in [0.2, 0.25) is 0 Å². The summed E-state index contributed by atoms with van der Waals surface area (Å²) in [5.74, 6) is 0. The van der Waals surface area contributed by atoms with Crippen molar-refractivity contribution in [2.75, 3.05) is 13.1 Å². The smallest absolute Gasteiger partial charge is 0.0644 e. The van der Waals surface area contributed by atoms with Crippen molar-refractivity contribution in [3.63, 3.8) is 0 Å². The number of nitrogens with zero attached hydrogens (tertiary/aromatic N) is 2. The van der Waals surface area contributed by atoms with Crippen molar-refractivity contribution < 1.29 is 0 Å². The molecule has 1 fully saturated rings. The molecule has 0 spiro atoms. The molecule has 0 saturated carbocycles. The number of aryl methyl sites for hydroxylation is 1. The molecule has 1 N–H and O–H groups in total. The number of rotatable bonds is 2. The van der Waals surface area contributed by atoms with Crippen LogP contribution in [-0.4, -0.2) is 22.9 Å². The van der Waals surface area contributed by atoms with E-state index < -0.39 is 0 Å². The van der Waals surface area contributed by atoms with E-state index in [1.54, 1.807) is 0 Å². The Morgan fingerprint density at radius 3 is 3.23 bits per heavy atom. The molecular weight excluding hydrogens is 162 g/mol. The average Bonchev–Trinajstić information content (AvgIpc) is 2.67. The van der Waals surface area contributed by atoms with Crippen molar-refractivity contribution in [3.8, 4) is 0 Å². The van der Waals surface area contributed by atoms with E-state index in [1.165, 1.54) is 24.9 Å². The number of hydrogen-bond acceptors (Lipinski definition) is 2. The molecule has 3 heteroatoms. The Bertz CT molecular complexity index is 261. The zero-order chi connectivity index (χ0) is 9.10. The summed E-state index contributed by atoms with van der Waals surface area (Å²) in [7, 11) is 0. The quantitative estimate of drug-likeness (QED) is 0.743. The molecule has 0 unspecified atom stereocenters. The van der Waals surface area contributed by atoms with E-state index in [0.29, 0.717) is 6.04 Å². The Balaban J connectivity index is 2.05. The van der Waals surface area contributed by atoms with Gasteiger partial charge in [0.1, 0.15) is 0 Å². The predicted molar refractivity (Wildman–Crippen MR) is 52.7 cm³/mol. The van der Waals surface area contributed by atoms with Gasteiger partial charge in [0.15, 0.2) is 0 Å². The Morgan fingerprint density at radius 1 is 1.69 bits per heavy atom. The van der Waals surface area contributed by atoms with Gasteiger partial charge in [-0.05, 0) is 31.4 Å². The lowest BCUT2D eigenvalue weighted by molar-refractivity contribution is 0.346. The van der Waals surface area contributed by atoms with Gasteiger partial charge in [0.05, 0.1) is 12.2 Å². The minimum atomic E-state index is 0.578. The van der Waals surface area contributed by atoms with Crippen molar-refractivity contribution in [3.05, 3.63) is 18.0 Å². The summed E-state index contributed by atoms with van der Waals surface area (Å²) in [4.78, 5) is 0. The summed E-state index contributed by atoms with van der Waals surface area (Å²) >= 11 is 0. The van der Waals surface area contributed by atoms with Crippen molar-refractivity contribution >= 4 is 0 Å². The van der Waals surface area contributed by atoms with Crippen LogP contribution in [0, 0.1) is 0 Å². The Kier molecular flexibility index (Phi) is 2.64. The van der Waals surface area contributed by atoms with E-state index >= 15 is 0 Å². The number of hydrogen-bond donors (Lipinski definition) is 1. The van der Waals surface area contributed by atoms with Gasteiger partial charge in [-0.3, -0.25) is 4.68 Å². The van der Waals surface area contributed by atoms with Crippen molar-refractivity contribution in [2.24, 2.45) is 0 Å². The molecule has 72 valence electrons. The zero-order valence-electron chi connectivity index (χ0n) is 8.16. The van der Waals surface area contributed by atoms with Crippen LogP contribution in [0.2, 0.25) is 0 Å². The molecule has 1 atom stereocenters. The highest BCUT2D eigenvalue weighted by Gasteiger charge is 2.14. The molecule has 2 rings (SSSR count). The van der Waals surface area contributed by atoms with Crippen LogP contribution >= 0.6 is 0 Å². The lowest BCUT2D eigenvalue weighted by atomic mass is 10.1. The average molecular weight is 179 g/mol. The second-order valence-corrected chi connectivity index (χ2v) is 3.68. The van der Waals surface area contributed by atoms with Crippen molar-refractivity contribution in [1.29, 1.82) is 0 Å². The number of aromatic nitrogens is 2. The Morgan fingerprint density at radius 2 is 2.62 bits per heavy atom. The van der Waals surface area contributed by atoms with Crippen LogP contribution < -0.4 is 5.32 Å². The molecule has 2 heterocycles. The van der Waals surface area contributed by atoms with Crippen LogP contribution in [0.25, 0.3) is 0 Å². The molecule has 1 aliphatic rings. The van der Waals surface area contributed by atoms with Gasteiger partial charge in [-0.25, -0.2) is 0 Å². The summed E-state index contributed by atoms with van der Waals surface area (Å²) in [6, 6.07) is 0.578. The fourth-order valence-electron chi connectivity index (χ4n) is 1.82. The summed E-state index contributed by atoms with van der Waals surface area (Å²) in [6.45, 7) is 4.41. The first-order chi connectivity index (χ1) is 6.40. The van der Waals surface area contributed by atoms with Gasteiger partial charge in [-0.15, -0.1) is 0 Å². The van der Waals surface area contributed by atoms with Gasteiger partial charge in [-0.2, -0.15) is 5.10 Å². The Hall–Kier alpha value is -0.830. The highest BCUT2D eigenvalue weighted by atomic mass is 15.3. The van der Waals surface area contributed by atoms with Gasteiger partial charge in [0, 0.05) is 12.7 Å². The molecule has 0 amide bonds. The van der Waals surface area contributed by atoms with Crippen LogP contribution in [0.5, 0.6) is 0 Å². The van der Waals surface area contributed by atoms with Crippen LogP contribution in [0.3, 0.4) is 0 Å². The van der Waals surface area contributed by atoms with E-state index in [-0.39, 0.29) is 0 Å². The topological polar surface area (TPSA) is 29.9 Å². The number of nitrogens with one attached hydrogen (secondary N) is 1. The van der Waals surface area contributed by atoms with E-state index in [2.05, 4.69) is 28.2 Å². The molecule has 0 radical (unpaired) electrons. The molecule has 1 saturated heterocycles. The predicted octanol–water partition coefficient (Wildman–Crippen LogP) is 1.37. The van der Waals surface area contributed by atoms with Crippen LogP contribution in [0.1, 0.15) is 31.4 Å². The molecule has 3 nitrogen and oxygen atoms in total. The van der Waals surface area contributed by atoms with Gasteiger partial charge in [-0.1, -0.05) is 6.92 Å². The van der Waals surface area contributed by atoms with E-state index in [4.69, 9.17) is 0 Å². The summed E-state index contributed by atoms with van der Waals surface area (Å²) in [5, 5.41) is 7.79. The Labute approximate surface area is 79.1 Å². The molecule has 1 aromatic rings. The summed E-state index contributed by atoms with van der Waals surface area (Å²) in [6.07, 6.45) is 7.77. The molecule has 1 aromatic heterocycles. The molecule has 13 heavy (non-hydrogen) atoms. The molecular formula is C10H17N3. The molecule has 1 aliphatic heterocycles. The van der Waals surface area contributed by atoms with Crippen LogP contribution in [0.4, 0.5) is 0 Å². The first-order valence-corrected chi connectivity index (χ1v) is 5.14. The maximum absolute atomic E-state index is 4.39. The minimum Gasteiger partial charge on any atom is -0.315 e. The fraction of sp³-hybridized carbons (Fsp3) is 0.700. The van der Waals surface area contributed by atoms with Crippen LogP contribution in [0.15, 0.2) is 12.4 Å². The van der Waals surface area contributed by atoms with Crippen molar-refractivity contribution in [2.45, 2.75) is 32.2 Å². The lowest BCUT2D eigenvalue weighted by Crippen LogP contribution is -2.31. The third-order valence-corrected chi connectivity index (χ3v) is 2.71. The normalized spacial score (nSPS) is 23.3. The number of piperidine rings is 1. The molecule has 0 bridgehead atoms. The van der Waals surface area contributed by atoms with Crippen molar-refractivity contribution in [1.82, 2.24) is 15.1 Å². The zero-order valence-corrected chi connectivity index (χ0v) is 8.16. The maximum Gasteiger partial charge on any atom is 0.0644 e. The highest BCUT2D eigenvalue weighted by molar-refractivity contribution is 5.04. The monoisotopic (exact) mass is 179 g/mol. The largest absolute Gasteiger partial charge is 0.315 e. The van der Waals surface area contributed by atoms with Gasteiger partial charge >= 0.3 is 0 Å². The molecule has 0 aromatic carbocycles. The summed E-state index contributed by atoms with van der Waals surface area (Å²) in [5.41, 5.74) is 1.34. The van der Waals surface area contributed by atoms with Crippen LogP contribution in [-0.2, 0) is 6.42 Å². The van der Waals surface area contributed by atoms with Gasteiger partial charge < -0.3 is 5.32 Å². The third-order valence-electron chi connectivity index (χ3n) is 2.71. The lowest BCUT2D eigenvalue weighted by Gasteiger charge is -2.22. The SMILES string of the molecule is CCc1cnn([C@H]2CCCNC2)c1. The first-order valence-electron chi connectivity index (χ1n) is 5.14. The summed E-state index contributed by atoms with van der Waals surface area (Å²) < 4.78 is 2.12. The van der Waals surface area contributed by atoms with E-state index in [1.807, 2.05) is 6.20 Å². The molecule has 0 aliphatic carbocycles. The fourth-order valence-corrected chi connectivity index (χ4v) is 1.82. The maximum atomic E-state index is 4.39. The first kappa shape index (κ1) is 8.75. The van der Waals surface area contributed by atoms with E-state index in [9.17, 15) is 0 Å². The van der Waals surface area contributed by atoms with Gasteiger partial charge in [0.25, 0.3) is 0 Å². The highest BCUT2D eigenvalue weighted by Crippen LogP contribution is 2.15. The third kappa shape index (κ3) is 1.91. The standard InChI is InChI=1S/C10H17N3/c1-2-9-6-12-13(8-9)10-4-3-5-11-7-10/h6,8,10-11H,2-5,7H2,1H3/t10-/m0/s1. The minimum absolute atomic E-state index is 0.578. The second-order valence-electron chi connectivity index (χ2n) is 3.68. The van der Waals surface area contributed by atoms with E-state index in [0.717, 1.165) is 13.0 Å².